The van der Waals surface area contributed by atoms with E-state index < -0.39 is 0 Å². The Hall–Kier alpha value is -0.510. The van der Waals surface area contributed by atoms with Crippen LogP contribution in [0.1, 0.15) is 5.69 Å². The molecule has 1 aromatic carbocycles. The smallest absolute Gasteiger partial charge is 0.0506 e. The summed E-state index contributed by atoms with van der Waals surface area (Å²) in [7, 11) is 2.04. The van der Waals surface area contributed by atoms with Gasteiger partial charge in [0.15, 0.2) is 0 Å². The van der Waals surface area contributed by atoms with Gasteiger partial charge < -0.3 is 10.3 Å². The van der Waals surface area contributed by atoms with Crippen molar-refractivity contribution < 1.29 is 0 Å². The van der Waals surface area contributed by atoms with Crippen LogP contribution >= 0.6 is 27.5 Å². The van der Waals surface area contributed by atoms with E-state index in [1.54, 1.807) is 0 Å². The summed E-state index contributed by atoms with van der Waals surface area (Å²) in [5.41, 5.74) is 7.94. The largest absolute Gasteiger partial charge is 0.346 e. The number of hydrogen-bond donors (Lipinski definition) is 1. The molecule has 0 saturated carbocycles. The summed E-state index contributed by atoms with van der Waals surface area (Å²) in [5, 5.41) is 1.94. The topological polar surface area (TPSA) is 30.9 Å². The molecule has 0 unspecified atom stereocenters. The van der Waals surface area contributed by atoms with Crippen molar-refractivity contribution in [3.63, 3.8) is 0 Å². The predicted molar refractivity (Wildman–Crippen MR) is 68.4 cm³/mol. The fraction of sp³-hybridized carbons (Fsp3) is 0.273. The maximum atomic E-state index is 5.98. The van der Waals surface area contributed by atoms with Gasteiger partial charge in [-0.25, -0.2) is 0 Å². The van der Waals surface area contributed by atoms with Crippen LogP contribution < -0.4 is 5.73 Å². The van der Waals surface area contributed by atoms with Crippen molar-refractivity contribution in [3.8, 4) is 0 Å². The van der Waals surface area contributed by atoms with Gasteiger partial charge in [0.05, 0.1) is 5.52 Å². The van der Waals surface area contributed by atoms with Crippen molar-refractivity contribution in [1.29, 1.82) is 0 Å². The Bertz CT molecular complexity index is 505. The van der Waals surface area contributed by atoms with Gasteiger partial charge >= 0.3 is 0 Å². The van der Waals surface area contributed by atoms with Crippen LogP contribution in [0, 0.1) is 0 Å². The molecule has 2 N–H and O–H groups in total. The van der Waals surface area contributed by atoms with E-state index in [4.69, 9.17) is 17.3 Å². The Labute approximate surface area is 102 Å². The summed E-state index contributed by atoms with van der Waals surface area (Å²) in [5.74, 6) is 0. The van der Waals surface area contributed by atoms with Gasteiger partial charge in [-0.1, -0.05) is 17.7 Å². The van der Waals surface area contributed by atoms with Crippen molar-refractivity contribution in [2.24, 2.45) is 12.8 Å². The summed E-state index contributed by atoms with van der Waals surface area (Å²) in [6.45, 7) is 0.649. The number of rotatable bonds is 2. The highest BCUT2D eigenvalue weighted by molar-refractivity contribution is 9.10. The molecule has 0 fully saturated rings. The Kier molecular flexibility index (Phi) is 3.05. The van der Waals surface area contributed by atoms with Crippen molar-refractivity contribution in [1.82, 2.24) is 4.57 Å². The lowest BCUT2D eigenvalue weighted by Crippen LogP contribution is -2.06. The molecule has 0 saturated heterocycles. The summed E-state index contributed by atoms with van der Waals surface area (Å²) in [6.07, 6.45) is 0.864. The highest BCUT2D eigenvalue weighted by Crippen LogP contribution is 2.32. The van der Waals surface area contributed by atoms with Gasteiger partial charge in [-0.2, -0.15) is 0 Å². The van der Waals surface area contributed by atoms with E-state index in [-0.39, 0.29) is 0 Å². The van der Waals surface area contributed by atoms with Gasteiger partial charge in [0.2, 0.25) is 0 Å². The number of aromatic nitrogens is 1. The first-order valence-electron chi connectivity index (χ1n) is 4.77. The summed E-state index contributed by atoms with van der Waals surface area (Å²) >= 11 is 9.58. The molecule has 0 atom stereocenters. The second-order valence-electron chi connectivity index (χ2n) is 3.52. The molecule has 2 nitrogen and oxygen atoms in total. The average molecular weight is 288 g/mol. The zero-order valence-corrected chi connectivity index (χ0v) is 10.8. The highest BCUT2D eigenvalue weighted by Gasteiger charge is 2.12. The quantitative estimate of drug-likeness (QED) is 0.904. The number of nitrogens with zero attached hydrogens (tertiary/aromatic N) is 1. The first-order valence-corrected chi connectivity index (χ1v) is 5.94. The van der Waals surface area contributed by atoms with Crippen LogP contribution in [0.3, 0.4) is 0 Å². The van der Waals surface area contributed by atoms with Gasteiger partial charge in [-0.15, -0.1) is 0 Å². The van der Waals surface area contributed by atoms with Crippen LogP contribution in [0.2, 0.25) is 5.02 Å². The Morgan fingerprint density at radius 2 is 2.20 bits per heavy atom. The average Bonchev–Trinajstić information content (AvgIpc) is 2.44. The van der Waals surface area contributed by atoms with E-state index in [2.05, 4.69) is 20.5 Å². The first kappa shape index (κ1) is 11.0. The first-order chi connectivity index (χ1) is 7.15. The molecule has 15 heavy (non-hydrogen) atoms. The number of benzene rings is 1. The van der Waals surface area contributed by atoms with Crippen molar-refractivity contribution in [2.45, 2.75) is 6.42 Å². The Balaban J connectivity index is 2.73. The summed E-state index contributed by atoms with van der Waals surface area (Å²) in [4.78, 5) is 0. The molecular weight excluding hydrogens is 275 g/mol. The molecule has 0 amide bonds. The van der Waals surface area contributed by atoms with Crippen molar-refractivity contribution in [2.75, 3.05) is 6.54 Å². The highest BCUT2D eigenvalue weighted by atomic mass is 79.9. The van der Waals surface area contributed by atoms with Crippen LogP contribution in [0.25, 0.3) is 10.9 Å². The molecule has 0 aliphatic rings. The fourth-order valence-electron chi connectivity index (χ4n) is 1.83. The maximum Gasteiger partial charge on any atom is 0.0506 e. The summed E-state index contributed by atoms with van der Waals surface area (Å²) in [6, 6.07) is 5.91. The second-order valence-corrected chi connectivity index (χ2v) is 4.75. The number of fused-ring (bicyclic) bond motifs is 1. The normalized spacial score (nSPS) is 11.2. The predicted octanol–water partition coefficient (Wildman–Crippen LogP) is 3.10. The minimum absolute atomic E-state index is 0.649. The van der Waals surface area contributed by atoms with Gasteiger partial charge in [-0.05, 0) is 34.6 Å². The minimum atomic E-state index is 0.649. The Morgan fingerprint density at radius 1 is 1.47 bits per heavy atom. The molecule has 1 aromatic heterocycles. The van der Waals surface area contributed by atoms with Crippen LogP contribution in [-0.2, 0) is 13.5 Å². The standard InChI is InChI=1S/C11H12BrClN2/c1-15-9(4-5-14)11(12)8-3-2-7(13)6-10(8)15/h2-3,6H,4-5,14H2,1H3. The summed E-state index contributed by atoms with van der Waals surface area (Å²) < 4.78 is 3.26. The second kappa shape index (κ2) is 4.16. The molecule has 0 aliphatic heterocycles. The lowest BCUT2D eigenvalue weighted by atomic mass is 10.2. The molecule has 0 bridgehead atoms. The van der Waals surface area contributed by atoms with Crippen molar-refractivity contribution in [3.05, 3.63) is 33.4 Å². The van der Waals surface area contributed by atoms with Gasteiger partial charge in [0.25, 0.3) is 0 Å². The number of aryl methyl sites for hydroxylation is 1. The van der Waals surface area contributed by atoms with Gasteiger partial charge in [0, 0.05) is 34.0 Å². The van der Waals surface area contributed by atoms with Crippen molar-refractivity contribution >= 4 is 38.4 Å². The zero-order chi connectivity index (χ0) is 11.0. The molecule has 0 spiro atoms. The monoisotopic (exact) mass is 286 g/mol. The Morgan fingerprint density at radius 3 is 2.87 bits per heavy atom. The lowest BCUT2D eigenvalue weighted by Gasteiger charge is -2.02. The molecule has 2 aromatic rings. The maximum absolute atomic E-state index is 5.98. The van der Waals surface area contributed by atoms with Crippen LogP contribution in [0.5, 0.6) is 0 Å². The third kappa shape index (κ3) is 1.80. The number of halogens is 2. The number of hydrogen-bond acceptors (Lipinski definition) is 1. The van der Waals surface area contributed by atoms with Gasteiger partial charge in [0.1, 0.15) is 0 Å². The van der Waals surface area contributed by atoms with Crippen LogP contribution in [0.4, 0.5) is 0 Å². The van der Waals surface area contributed by atoms with E-state index in [1.807, 2.05) is 25.2 Å². The molecule has 1 heterocycles. The SMILES string of the molecule is Cn1c(CCN)c(Br)c2ccc(Cl)cc21. The third-order valence-corrected chi connectivity index (χ3v) is 3.72. The van der Waals surface area contributed by atoms with E-state index in [0.717, 1.165) is 21.4 Å². The molecule has 80 valence electrons. The lowest BCUT2D eigenvalue weighted by molar-refractivity contribution is 0.823. The fourth-order valence-corrected chi connectivity index (χ4v) is 2.80. The van der Waals surface area contributed by atoms with E-state index in [9.17, 15) is 0 Å². The third-order valence-electron chi connectivity index (χ3n) is 2.60. The van der Waals surface area contributed by atoms with E-state index in [1.165, 1.54) is 11.1 Å². The molecule has 0 radical (unpaired) electrons. The van der Waals surface area contributed by atoms with Gasteiger partial charge in [-0.3, -0.25) is 0 Å². The van der Waals surface area contributed by atoms with Crippen LogP contribution in [0.15, 0.2) is 22.7 Å². The molecule has 0 aliphatic carbocycles. The van der Waals surface area contributed by atoms with E-state index >= 15 is 0 Å². The molecule has 4 heteroatoms. The molecular formula is C11H12BrClN2. The minimum Gasteiger partial charge on any atom is -0.346 e. The number of nitrogens with two attached hydrogens (primary N) is 1. The van der Waals surface area contributed by atoms with E-state index in [0.29, 0.717) is 6.54 Å². The zero-order valence-electron chi connectivity index (χ0n) is 8.43. The molecule has 2 rings (SSSR count). The van der Waals surface area contributed by atoms with Crippen LogP contribution in [-0.4, -0.2) is 11.1 Å².